The Bertz CT molecular complexity index is 585. The molecule has 2 aromatic rings. The van der Waals surface area contributed by atoms with E-state index in [4.69, 9.17) is 16.3 Å². The summed E-state index contributed by atoms with van der Waals surface area (Å²) in [7, 11) is 0. The summed E-state index contributed by atoms with van der Waals surface area (Å²) in [5.41, 5.74) is 1.58. The summed E-state index contributed by atoms with van der Waals surface area (Å²) in [5.74, 6) is 0.358. The molecule has 0 bridgehead atoms. The SMILES string of the molecule is CC(C)(Oc1cccc(Cl)c1)C(=O)NCc1cscn1. The van der Waals surface area contributed by atoms with E-state index < -0.39 is 5.60 Å². The topological polar surface area (TPSA) is 51.2 Å². The third-order valence-corrected chi connectivity index (χ3v) is 3.50. The average Bonchev–Trinajstić information content (AvgIpc) is 2.88. The minimum Gasteiger partial charge on any atom is -0.478 e. The minimum atomic E-state index is -0.985. The highest BCUT2D eigenvalue weighted by Crippen LogP contribution is 2.22. The van der Waals surface area contributed by atoms with Crippen molar-refractivity contribution in [1.82, 2.24) is 10.3 Å². The number of hydrogen-bond donors (Lipinski definition) is 1. The molecular formula is C14H15ClN2O2S. The van der Waals surface area contributed by atoms with Crippen molar-refractivity contribution in [2.75, 3.05) is 0 Å². The number of aromatic nitrogens is 1. The third kappa shape index (κ3) is 3.95. The van der Waals surface area contributed by atoms with Gasteiger partial charge in [0.1, 0.15) is 5.75 Å². The molecule has 0 unspecified atom stereocenters. The Morgan fingerprint density at radius 3 is 2.95 bits per heavy atom. The second-order valence-electron chi connectivity index (χ2n) is 4.73. The Kier molecular flexibility index (Phi) is 4.62. The smallest absolute Gasteiger partial charge is 0.263 e. The fraction of sp³-hybridized carbons (Fsp3) is 0.286. The van der Waals surface area contributed by atoms with Gasteiger partial charge in [-0.2, -0.15) is 0 Å². The zero-order chi connectivity index (χ0) is 14.6. The molecule has 0 saturated heterocycles. The fourth-order valence-corrected chi connectivity index (χ4v) is 2.32. The van der Waals surface area contributed by atoms with Crippen LogP contribution in [0, 0.1) is 0 Å². The monoisotopic (exact) mass is 310 g/mol. The van der Waals surface area contributed by atoms with Gasteiger partial charge in [0.15, 0.2) is 5.60 Å². The van der Waals surface area contributed by atoms with Gasteiger partial charge >= 0.3 is 0 Å². The van der Waals surface area contributed by atoms with Crippen molar-refractivity contribution in [2.45, 2.75) is 26.0 Å². The van der Waals surface area contributed by atoms with Gasteiger partial charge < -0.3 is 10.1 Å². The van der Waals surface area contributed by atoms with Crippen molar-refractivity contribution in [1.29, 1.82) is 0 Å². The molecule has 1 aromatic carbocycles. The second kappa shape index (κ2) is 6.24. The van der Waals surface area contributed by atoms with Gasteiger partial charge in [-0.1, -0.05) is 17.7 Å². The van der Waals surface area contributed by atoms with Crippen molar-refractivity contribution in [2.24, 2.45) is 0 Å². The summed E-state index contributed by atoms with van der Waals surface area (Å²) in [6.45, 7) is 3.82. The number of carbonyl (C=O) groups is 1. The lowest BCUT2D eigenvalue weighted by Gasteiger charge is -2.25. The molecule has 0 aliphatic heterocycles. The predicted molar refractivity (Wildman–Crippen MR) is 80.1 cm³/mol. The van der Waals surface area contributed by atoms with Crippen LogP contribution in [0.15, 0.2) is 35.2 Å². The lowest BCUT2D eigenvalue weighted by Crippen LogP contribution is -2.46. The van der Waals surface area contributed by atoms with Crippen LogP contribution in [0.3, 0.4) is 0 Å². The van der Waals surface area contributed by atoms with Crippen LogP contribution < -0.4 is 10.1 Å². The van der Waals surface area contributed by atoms with Crippen LogP contribution >= 0.6 is 22.9 Å². The second-order valence-corrected chi connectivity index (χ2v) is 5.89. The summed E-state index contributed by atoms with van der Waals surface area (Å²) in [5, 5.41) is 5.27. The lowest BCUT2D eigenvalue weighted by molar-refractivity contribution is -0.134. The largest absolute Gasteiger partial charge is 0.478 e. The first-order chi connectivity index (χ1) is 9.47. The number of carbonyl (C=O) groups excluding carboxylic acids is 1. The Hall–Kier alpha value is -1.59. The molecule has 0 aliphatic rings. The Morgan fingerprint density at radius 1 is 1.50 bits per heavy atom. The summed E-state index contributed by atoms with van der Waals surface area (Å²) in [6.07, 6.45) is 0. The summed E-state index contributed by atoms with van der Waals surface area (Å²) >= 11 is 7.39. The first kappa shape index (κ1) is 14.8. The van der Waals surface area contributed by atoms with E-state index in [-0.39, 0.29) is 5.91 Å². The highest BCUT2D eigenvalue weighted by molar-refractivity contribution is 7.07. The van der Waals surface area contributed by atoms with Gasteiger partial charge in [0.25, 0.3) is 5.91 Å². The van der Waals surface area contributed by atoms with Gasteiger partial charge in [0, 0.05) is 10.4 Å². The molecule has 6 heteroatoms. The molecule has 1 N–H and O–H groups in total. The van der Waals surface area contributed by atoms with E-state index >= 15 is 0 Å². The molecule has 0 fully saturated rings. The Balaban J connectivity index is 1.96. The first-order valence-electron chi connectivity index (χ1n) is 6.07. The van der Waals surface area contributed by atoms with E-state index in [1.165, 1.54) is 11.3 Å². The van der Waals surface area contributed by atoms with Gasteiger partial charge in [-0.05, 0) is 32.0 Å². The maximum atomic E-state index is 12.2. The van der Waals surface area contributed by atoms with E-state index in [9.17, 15) is 4.79 Å². The number of nitrogens with one attached hydrogen (secondary N) is 1. The van der Waals surface area contributed by atoms with Gasteiger partial charge in [-0.3, -0.25) is 4.79 Å². The van der Waals surface area contributed by atoms with Crippen molar-refractivity contribution in [3.63, 3.8) is 0 Å². The summed E-state index contributed by atoms with van der Waals surface area (Å²) < 4.78 is 5.70. The van der Waals surface area contributed by atoms with E-state index in [0.29, 0.717) is 17.3 Å². The van der Waals surface area contributed by atoms with Crippen LogP contribution in [0.2, 0.25) is 5.02 Å². The third-order valence-electron chi connectivity index (χ3n) is 2.63. The van der Waals surface area contributed by atoms with E-state index in [1.807, 2.05) is 5.38 Å². The Labute approximate surface area is 126 Å². The van der Waals surface area contributed by atoms with Crippen molar-refractivity contribution in [3.8, 4) is 5.75 Å². The highest BCUT2D eigenvalue weighted by atomic mass is 35.5. The number of thiazole rings is 1. The van der Waals surface area contributed by atoms with Crippen LogP contribution in [-0.4, -0.2) is 16.5 Å². The number of ether oxygens (including phenoxy) is 1. The lowest BCUT2D eigenvalue weighted by atomic mass is 10.1. The van der Waals surface area contributed by atoms with E-state index in [0.717, 1.165) is 5.69 Å². The molecule has 0 aliphatic carbocycles. The molecule has 0 saturated carbocycles. The number of rotatable bonds is 5. The van der Waals surface area contributed by atoms with Gasteiger partial charge in [-0.25, -0.2) is 4.98 Å². The van der Waals surface area contributed by atoms with Crippen molar-refractivity contribution in [3.05, 3.63) is 45.9 Å². The van der Waals surface area contributed by atoms with Crippen LogP contribution in [0.5, 0.6) is 5.75 Å². The molecule has 0 radical (unpaired) electrons. The maximum Gasteiger partial charge on any atom is 0.263 e. The Morgan fingerprint density at radius 2 is 2.30 bits per heavy atom. The summed E-state index contributed by atoms with van der Waals surface area (Å²) in [4.78, 5) is 16.3. The zero-order valence-electron chi connectivity index (χ0n) is 11.2. The van der Waals surface area contributed by atoms with Gasteiger partial charge in [-0.15, -0.1) is 11.3 Å². The predicted octanol–water partition coefficient (Wildman–Crippen LogP) is 3.27. The van der Waals surface area contributed by atoms with Crippen LogP contribution in [0.1, 0.15) is 19.5 Å². The summed E-state index contributed by atoms with van der Waals surface area (Å²) in [6, 6.07) is 6.98. The highest BCUT2D eigenvalue weighted by Gasteiger charge is 2.29. The number of halogens is 1. The average molecular weight is 311 g/mol. The van der Waals surface area contributed by atoms with E-state index in [1.54, 1.807) is 43.6 Å². The fourth-order valence-electron chi connectivity index (χ4n) is 1.58. The molecule has 106 valence electrons. The van der Waals surface area contributed by atoms with Gasteiger partial charge in [0.2, 0.25) is 0 Å². The molecule has 4 nitrogen and oxygen atoms in total. The quantitative estimate of drug-likeness (QED) is 0.922. The normalized spacial score (nSPS) is 11.2. The first-order valence-corrected chi connectivity index (χ1v) is 7.39. The zero-order valence-corrected chi connectivity index (χ0v) is 12.8. The van der Waals surface area contributed by atoms with Crippen LogP contribution in [0.25, 0.3) is 0 Å². The molecule has 0 spiro atoms. The maximum absolute atomic E-state index is 12.2. The number of benzene rings is 1. The van der Waals surface area contributed by atoms with Crippen molar-refractivity contribution < 1.29 is 9.53 Å². The van der Waals surface area contributed by atoms with E-state index in [2.05, 4.69) is 10.3 Å². The van der Waals surface area contributed by atoms with Crippen LogP contribution in [-0.2, 0) is 11.3 Å². The van der Waals surface area contributed by atoms with Crippen LogP contribution in [0.4, 0.5) is 0 Å². The number of hydrogen-bond acceptors (Lipinski definition) is 4. The molecular weight excluding hydrogens is 296 g/mol. The molecule has 20 heavy (non-hydrogen) atoms. The molecule has 1 heterocycles. The standard InChI is InChI=1S/C14H15ClN2O2S/c1-14(2,19-12-5-3-4-10(15)6-12)13(18)16-7-11-8-20-9-17-11/h3-6,8-9H,7H2,1-2H3,(H,16,18). The minimum absolute atomic E-state index is 0.203. The number of amides is 1. The molecule has 1 aromatic heterocycles. The number of nitrogens with zero attached hydrogens (tertiary/aromatic N) is 1. The molecule has 1 amide bonds. The van der Waals surface area contributed by atoms with Crippen molar-refractivity contribution >= 4 is 28.8 Å². The van der Waals surface area contributed by atoms with Gasteiger partial charge in [0.05, 0.1) is 17.7 Å². The molecule has 2 rings (SSSR count). The molecule has 0 atom stereocenters.